The molecule has 3 heteroatoms. The van der Waals surface area contributed by atoms with E-state index in [0.717, 1.165) is 5.56 Å². The highest BCUT2D eigenvalue weighted by Gasteiger charge is 2.10. The van der Waals surface area contributed by atoms with E-state index in [9.17, 15) is 0 Å². The average molecular weight is 178 g/mol. The van der Waals surface area contributed by atoms with Gasteiger partial charge in [0.2, 0.25) is 0 Å². The first-order valence-corrected chi connectivity index (χ1v) is 4.01. The Balaban J connectivity index is 3.19. The molecule has 70 valence electrons. The van der Waals surface area contributed by atoms with Gasteiger partial charge in [0.1, 0.15) is 5.75 Å². The zero-order chi connectivity index (χ0) is 9.84. The summed E-state index contributed by atoms with van der Waals surface area (Å²) in [4.78, 5) is 0. The lowest BCUT2D eigenvalue weighted by atomic mass is 10.1. The summed E-state index contributed by atoms with van der Waals surface area (Å²) in [5, 5.41) is 0. The molecule has 1 atom stereocenters. The quantitative estimate of drug-likeness (QED) is 0.544. The van der Waals surface area contributed by atoms with Crippen LogP contribution in [0.15, 0.2) is 30.9 Å². The van der Waals surface area contributed by atoms with E-state index in [1.54, 1.807) is 19.3 Å². The smallest absolute Gasteiger partial charge is 0.146 e. The lowest BCUT2D eigenvalue weighted by Crippen LogP contribution is -2.09. The van der Waals surface area contributed by atoms with Gasteiger partial charge in [-0.15, -0.1) is 6.58 Å². The Kier molecular flexibility index (Phi) is 2.93. The monoisotopic (exact) mass is 178 g/mol. The van der Waals surface area contributed by atoms with Crippen molar-refractivity contribution in [1.82, 2.24) is 0 Å². The average Bonchev–Trinajstić information content (AvgIpc) is 2.16. The molecule has 0 aliphatic heterocycles. The minimum Gasteiger partial charge on any atom is -0.494 e. The Bertz CT molecular complexity index is 310. The molecule has 1 rings (SSSR count). The third kappa shape index (κ3) is 1.81. The normalized spacial score (nSPS) is 12.2. The lowest BCUT2D eigenvalue weighted by Gasteiger charge is -2.13. The van der Waals surface area contributed by atoms with E-state index in [1.165, 1.54) is 0 Å². The summed E-state index contributed by atoms with van der Waals surface area (Å²) >= 11 is 0. The molecule has 0 aliphatic rings. The molecule has 1 aromatic carbocycles. The number of benzene rings is 1. The van der Waals surface area contributed by atoms with E-state index in [1.807, 2.05) is 12.1 Å². The van der Waals surface area contributed by atoms with Gasteiger partial charge in [-0.3, -0.25) is 0 Å². The third-order valence-electron chi connectivity index (χ3n) is 1.89. The third-order valence-corrected chi connectivity index (χ3v) is 1.89. The summed E-state index contributed by atoms with van der Waals surface area (Å²) in [6.07, 6.45) is 1.65. The molecule has 0 amide bonds. The van der Waals surface area contributed by atoms with Gasteiger partial charge >= 0.3 is 0 Å². The van der Waals surface area contributed by atoms with Crippen LogP contribution in [0.1, 0.15) is 11.6 Å². The second-order valence-electron chi connectivity index (χ2n) is 2.73. The van der Waals surface area contributed by atoms with Crippen molar-refractivity contribution in [2.45, 2.75) is 6.04 Å². The molecule has 1 aromatic rings. The maximum atomic E-state index is 5.79. The van der Waals surface area contributed by atoms with Crippen molar-refractivity contribution in [1.29, 1.82) is 0 Å². The molecule has 0 aromatic heterocycles. The molecule has 0 radical (unpaired) electrons. The predicted molar refractivity (Wildman–Crippen MR) is 54.5 cm³/mol. The fourth-order valence-corrected chi connectivity index (χ4v) is 1.20. The maximum Gasteiger partial charge on any atom is 0.146 e. The van der Waals surface area contributed by atoms with Gasteiger partial charge in [0.05, 0.1) is 18.8 Å². The molecule has 0 aliphatic carbocycles. The largest absolute Gasteiger partial charge is 0.494 e. The second kappa shape index (κ2) is 3.96. The zero-order valence-electron chi connectivity index (χ0n) is 7.66. The minimum atomic E-state index is -0.238. The van der Waals surface area contributed by atoms with Crippen molar-refractivity contribution in [3.63, 3.8) is 0 Å². The summed E-state index contributed by atoms with van der Waals surface area (Å²) in [5.41, 5.74) is 12.9. The highest BCUT2D eigenvalue weighted by atomic mass is 16.5. The Labute approximate surface area is 78.0 Å². The fraction of sp³-hybridized carbons (Fsp3) is 0.200. The fourth-order valence-electron chi connectivity index (χ4n) is 1.20. The zero-order valence-corrected chi connectivity index (χ0v) is 7.66. The van der Waals surface area contributed by atoms with Gasteiger partial charge in [0.15, 0.2) is 0 Å². The van der Waals surface area contributed by atoms with E-state index >= 15 is 0 Å². The van der Waals surface area contributed by atoms with Crippen molar-refractivity contribution in [3.8, 4) is 5.75 Å². The van der Waals surface area contributed by atoms with Crippen molar-refractivity contribution >= 4 is 5.69 Å². The molecular weight excluding hydrogens is 164 g/mol. The van der Waals surface area contributed by atoms with Crippen LogP contribution in [0, 0.1) is 0 Å². The molecule has 0 saturated carbocycles. The van der Waals surface area contributed by atoms with Gasteiger partial charge in [-0.25, -0.2) is 0 Å². The minimum absolute atomic E-state index is 0.238. The van der Waals surface area contributed by atoms with E-state index < -0.39 is 0 Å². The first-order chi connectivity index (χ1) is 6.20. The number of nitrogen functional groups attached to an aromatic ring is 1. The number of ether oxygens (including phenoxy) is 1. The topological polar surface area (TPSA) is 61.3 Å². The highest BCUT2D eigenvalue weighted by Crippen LogP contribution is 2.29. The van der Waals surface area contributed by atoms with E-state index in [4.69, 9.17) is 16.2 Å². The molecule has 0 heterocycles. The van der Waals surface area contributed by atoms with Gasteiger partial charge in [0, 0.05) is 5.56 Å². The standard InChI is InChI=1S/C10H14N2O/c1-3-8(11)7-5-4-6-9(12)10(7)13-2/h3-6,8H,1,11-12H2,2H3/t8-/m0/s1. The van der Waals surface area contributed by atoms with Crippen molar-refractivity contribution < 1.29 is 4.74 Å². The number of hydrogen-bond donors (Lipinski definition) is 2. The van der Waals surface area contributed by atoms with Crippen LogP contribution in [0.5, 0.6) is 5.75 Å². The summed E-state index contributed by atoms with van der Waals surface area (Å²) in [6.45, 7) is 3.62. The summed E-state index contributed by atoms with van der Waals surface area (Å²) in [5.74, 6) is 0.634. The lowest BCUT2D eigenvalue weighted by molar-refractivity contribution is 0.410. The summed E-state index contributed by atoms with van der Waals surface area (Å²) in [6, 6.07) is 5.26. The van der Waals surface area contributed by atoms with Crippen molar-refractivity contribution in [3.05, 3.63) is 36.4 Å². The molecule has 13 heavy (non-hydrogen) atoms. The van der Waals surface area contributed by atoms with Gasteiger partial charge in [-0.05, 0) is 6.07 Å². The van der Waals surface area contributed by atoms with Crippen LogP contribution in [-0.2, 0) is 0 Å². The Morgan fingerprint density at radius 1 is 1.54 bits per heavy atom. The number of hydrogen-bond acceptors (Lipinski definition) is 3. The number of para-hydroxylation sites is 1. The van der Waals surface area contributed by atoms with E-state index in [2.05, 4.69) is 6.58 Å². The molecule has 0 bridgehead atoms. The van der Waals surface area contributed by atoms with Crippen LogP contribution in [-0.4, -0.2) is 7.11 Å². The first-order valence-electron chi connectivity index (χ1n) is 4.01. The molecule has 0 fully saturated rings. The molecule has 0 spiro atoms. The summed E-state index contributed by atoms with van der Waals surface area (Å²) in [7, 11) is 1.57. The molecule has 3 nitrogen and oxygen atoms in total. The number of methoxy groups -OCH3 is 1. The Morgan fingerprint density at radius 2 is 2.23 bits per heavy atom. The number of nitrogens with two attached hydrogens (primary N) is 2. The number of anilines is 1. The number of rotatable bonds is 3. The molecular formula is C10H14N2O. The second-order valence-corrected chi connectivity index (χ2v) is 2.73. The van der Waals surface area contributed by atoms with Gasteiger partial charge < -0.3 is 16.2 Å². The molecule has 0 saturated heterocycles. The van der Waals surface area contributed by atoms with Gasteiger partial charge in [-0.1, -0.05) is 18.2 Å². The highest BCUT2D eigenvalue weighted by molar-refractivity contribution is 5.58. The molecule has 4 N–H and O–H groups in total. The van der Waals surface area contributed by atoms with Crippen LogP contribution in [0.3, 0.4) is 0 Å². The van der Waals surface area contributed by atoms with Gasteiger partial charge in [0.25, 0.3) is 0 Å². The van der Waals surface area contributed by atoms with Crippen LogP contribution in [0.25, 0.3) is 0 Å². The predicted octanol–water partition coefficient (Wildman–Crippen LogP) is 1.46. The van der Waals surface area contributed by atoms with Crippen LogP contribution < -0.4 is 16.2 Å². The van der Waals surface area contributed by atoms with Crippen LogP contribution in [0.2, 0.25) is 0 Å². The Hall–Kier alpha value is -1.48. The van der Waals surface area contributed by atoms with E-state index in [0.29, 0.717) is 11.4 Å². The van der Waals surface area contributed by atoms with Crippen molar-refractivity contribution in [2.75, 3.05) is 12.8 Å². The van der Waals surface area contributed by atoms with Crippen LogP contribution >= 0.6 is 0 Å². The maximum absolute atomic E-state index is 5.79. The van der Waals surface area contributed by atoms with Crippen molar-refractivity contribution in [2.24, 2.45) is 5.73 Å². The SMILES string of the molecule is C=C[C@H](N)c1cccc(N)c1OC. The van der Waals surface area contributed by atoms with Gasteiger partial charge in [-0.2, -0.15) is 0 Å². The Morgan fingerprint density at radius 3 is 2.77 bits per heavy atom. The van der Waals surface area contributed by atoms with E-state index in [-0.39, 0.29) is 6.04 Å². The first kappa shape index (κ1) is 9.61. The molecule has 0 unspecified atom stereocenters. The summed E-state index contributed by atoms with van der Waals surface area (Å²) < 4.78 is 5.15. The van der Waals surface area contributed by atoms with Crippen LogP contribution in [0.4, 0.5) is 5.69 Å².